The summed E-state index contributed by atoms with van der Waals surface area (Å²) in [6, 6.07) is 12.7. The maximum absolute atomic E-state index is 13.3. The molecule has 0 N–H and O–H groups in total. The van der Waals surface area contributed by atoms with Crippen molar-refractivity contribution in [3.63, 3.8) is 0 Å². The second-order valence-electron chi connectivity index (χ2n) is 5.73. The molecule has 0 spiro atoms. The van der Waals surface area contributed by atoms with Crippen LogP contribution in [-0.4, -0.2) is 19.7 Å². The van der Waals surface area contributed by atoms with Crippen LogP contribution in [-0.2, 0) is 0 Å². The van der Waals surface area contributed by atoms with Gasteiger partial charge in [-0.15, -0.1) is 21.5 Å². The van der Waals surface area contributed by atoms with Gasteiger partial charge in [-0.25, -0.2) is 4.98 Å². The summed E-state index contributed by atoms with van der Waals surface area (Å²) >= 11 is 9.63. The molecule has 0 bridgehead atoms. The quantitative estimate of drug-likeness (QED) is 0.385. The fourth-order valence-corrected chi connectivity index (χ4v) is 4.02. The normalized spacial score (nSPS) is 12.4. The van der Waals surface area contributed by atoms with Crippen LogP contribution in [0.2, 0.25) is 5.02 Å². The molecule has 0 radical (unpaired) electrons. The van der Waals surface area contributed by atoms with Crippen molar-refractivity contribution in [1.29, 1.82) is 0 Å². The van der Waals surface area contributed by atoms with Gasteiger partial charge in [-0.2, -0.15) is 0 Å². The van der Waals surface area contributed by atoms with E-state index in [2.05, 4.69) is 32.8 Å². The molecule has 0 aliphatic heterocycles. The van der Waals surface area contributed by atoms with Crippen LogP contribution in [0.1, 0.15) is 18.0 Å². The Morgan fingerprint density at radius 1 is 1.19 bits per heavy atom. The molecule has 2 aromatic carbocycles. The lowest BCUT2D eigenvalue weighted by atomic mass is 10.1. The van der Waals surface area contributed by atoms with Crippen molar-refractivity contribution >= 4 is 56.4 Å². The molecule has 0 aliphatic rings. The van der Waals surface area contributed by atoms with Gasteiger partial charge in [0.15, 0.2) is 0 Å². The molecule has 0 aliphatic carbocycles. The zero-order valence-electron chi connectivity index (χ0n) is 13.6. The average molecular weight is 495 g/mol. The number of fused-ring (bicyclic) bond motifs is 1. The van der Waals surface area contributed by atoms with E-state index in [1.165, 1.54) is 11.3 Å². The summed E-state index contributed by atoms with van der Waals surface area (Å²) in [6.07, 6.45) is 0. The molecule has 1 atom stereocenters. The molecule has 1 unspecified atom stereocenters. The van der Waals surface area contributed by atoms with Gasteiger partial charge in [0.05, 0.1) is 16.9 Å². The summed E-state index contributed by atoms with van der Waals surface area (Å²) in [5.74, 6) is 0.586. The van der Waals surface area contributed by atoms with Crippen LogP contribution in [0, 0.1) is 3.57 Å². The van der Waals surface area contributed by atoms with Crippen molar-refractivity contribution in [2.75, 3.05) is 0 Å². The van der Waals surface area contributed by atoms with Crippen molar-refractivity contribution in [2.45, 2.75) is 13.0 Å². The highest BCUT2D eigenvalue weighted by molar-refractivity contribution is 14.1. The summed E-state index contributed by atoms with van der Waals surface area (Å²) < 4.78 is 2.67. The van der Waals surface area contributed by atoms with Gasteiger partial charge < -0.3 is 0 Å². The van der Waals surface area contributed by atoms with Gasteiger partial charge in [0.2, 0.25) is 0 Å². The zero-order chi connectivity index (χ0) is 18.3. The van der Waals surface area contributed by atoms with Crippen molar-refractivity contribution < 1.29 is 0 Å². The van der Waals surface area contributed by atoms with Gasteiger partial charge in [0, 0.05) is 14.2 Å². The van der Waals surface area contributed by atoms with Crippen LogP contribution in [0.5, 0.6) is 0 Å². The first-order valence-electron chi connectivity index (χ1n) is 7.78. The lowest BCUT2D eigenvalue weighted by Gasteiger charge is -2.18. The van der Waals surface area contributed by atoms with Crippen LogP contribution in [0.15, 0.2) is 52.8 Å². The predicted molar refractivity (Wildman–Crippen MR) is 113 cm³/mol. The maximum atomic E-state index is 13.3. The number of hydrogen-bond acceptors (Lipinski definition) is 5. The van der Waals surface area contributed by atoms with Gasteiger partial charge in [-0.3, -0.25) is 9.36 Å². The summed E-state index contributed by atoms with van der Waals surface area (Å²) in [5, 5.41) is 10.0. The summed E-state index contributed by atoms with van der Waals surface area (Å²) in [7, 11) is 0. The van der Waals surface area contributed by atoms with E-state index >= 15 is 0 Å². The Hall–Kier alpha value is -1.84. The van der Waals surface area contributed by atoms with E-state index < -0.39 is 0 Å². The first-order valence-corrected chi connectivity index (χ1v) is 10.1. The summed E-state index contributed by atoms with van der Waals surface area (Å²) in [6.45, 7) is 1.93. The molecule has 0 saturated carbocycles. The van der Waals surface area contributed by atoms with E-state index in [1.54, 1.807) is 22.2 Å². The van der Waals surface area contributed by atoms with E-state index in [-0.39, 0.29) is 11.6 Å². The molecular weight excluding hydrogens is 483 g/mol. The molecule has 0 saturated heterocycles. The topological polar surface area (TPSA) is 60.7 Å². The van der Waals surface area contributed by atoms with E-state index in [0.29, 0.717) is 21.7 Å². The van der Waals surface area contributed by atoms with E-state index in [9.17, 15) is 4.79 Å². The van der Waals surface area contributed by atoms with Crippen molar-refractivity contribution in [3.05, 3.63) is 71.9 Å². The molecule has 5 nitrogen and oxygen atoms in total. The number of rotatable bonds is 3. The first-order chi connectivity index (χ1) is 12.5. The SMILES string of the molecule is CC(c1nncs1)n1c(-c2ccc(Cl)cc2)nc2ccc(I)cc2c1=O. The Labute approximate surface area is 171 Å². The molecule has 4 aromatic rings. The number of hydrogen-bond donors (Lipinski definition) is 0. The molecule has 0 fully saturated rings. The fraction of sp³-hybridized carbons (Fsp3) is 0.111. The number of benzene rings is 2. The smallest absolute Gasteiger partial charge is 0.262 e. The highest BCUT2D eigenvalue weighted by Gasteiger charge is 2.20. The Morgan fingerprint density at radius 3 is 2.65 bits per heavy atom. The standard InChI is InChI=1S/C18H12ClIN4OS/c1-10(17-23-21-9-26-17)24-16(11-2-4-12(19)5-3-11)22-15-7-6-13(20)8-14(15)18(24)25/h2-10H,1H3. The van der Waals surface area contributed by atoms with Crippen molar-refractivity contribution in [3.8, 4) is 11.4 Å². The lowest BCUT2D eigenvalue weighted by Crippen LogP contribution is -2.27. The summed E-state index contributed by atoms with van der Waals surface area (Å²) in [4.78, 5) is 18.1. The second kappa shape index (κ2) is 7.05. The highest BCUT2D eigenvalue weighted by Crippen LogP contribution is 2.27. The number of nitrogens with zero attached hydrogens (tertiary/aromatic N) is 4. The van der Waals surface area contributed by atoms with E-state index in [1.807, 2.05) is 37.3 Å². The van der Waals surface area contributed by atoms with Crippen molar-refractivity contribution in [1.82, 2.24) is 19.7 Å². The minimum Gasteiger partial charge on any atom is -0.282 e. The third kappa shape index (κ3) is 3.15. The summed E-state index contributed by atoms with van der Waals surface area (Å²) in [5.41, 5.74) is 3.06. The molecule has 4 rings (SSSR count). The molecular formula is C18H12ClIN4OS. The van der Waals surface area contributed by atoms with Crippen LogP contribution >= 0.6 is 45.5 Å². The molecule has 26 heavy (non-hydrogen) atoms. The zero-order valence-corrected chi connectivity index (χ0v) is 17.3. The van der Waals surface area contributed by atoms with Crippen LogP contribution < -0.4 is 5.56 Å². The Bertz CT molecular complexity index is 1140. The third-order valence-electron chi connectivity index (χ3n) is 4.09. The minimum atomic E-state index is -0.282. The monoisotopic (exact) mass is 494 g/mol. The average Bonchev–Trinajstić information content (AvgIpc) is 3.17. The van der Waals surface area contributed by atoms with Gasteiger partial charge in [0.1, 0.15) is 16.3 Å². The van der Waals surface area contributed by atoms with Crippen LogP contribution in [0.3, 0.4) is 0 Å². The molecule has 130 valence electrons. The Kier molecular flexibility index (Phi) is 4.76. The van der Waals surface area contributed by atoms with Gasteiger partial charge in [-0.05, 0) is 72.0 Å². The predicted octanol–water partition coefficient (Wildman–Crippen LogP) is 4.78. The number of aromatic nitrogens is 4. The Morgan fingerprint density at radius 2 is 1.96 bits per heavy atom. The molecule has 0 amide bonds. The second-order valence-corrected chi connectivity index (χ2v) is 8.28. The third-order valence-corrected chi connectivity index (χ3v) is 5.87. The minimum absolute atomic E-state index is 0.0961. The molecule has 2 heterocycles. The van der Waals surface area contributed by atoms with Crippen LogP contribution in [0.25, 0.3) is 22.3 Å². The highest BCUT2D eigenvalue weighted by atomic mass is 127. The molecule has 8 heteroatoms. The van der Waals surface area contributed by atoms with Gasteiger partial charge in [-0.1, -0.05) is 11.6 Å². The van der Waals surface area contributed by atoms with Gasteiger partial charge in [0.25, 0.3) is 5.56 Å². The van der Waals surface area contributed by atoms with E-state index in [4.69, 9.17) is 16.6 Å². The number of halogens is 2. The van der Waals surface area contributed by atoms with Gasteiger partial charge >= 0.3 is 0 Å². The largest absolute Gasteiger partial charge is 0.282 e. The first kappa shape index (κ1) is 17.6. The lowest BCUT2D eigenvalue weighted by molar-refractivity contribution is 0.607. The van der Waals surface area contributed by atoms with E-state index in [0.717, 1.165) is 14.1 Å². The molecule has 2 aromatic heterocycles. The maximum Gasteiger partial charge on any atom is 0.262 e. The van der Waals surface area contributed by atoms with Crippen molar-refractivity contribution in [2.24, 2.45) is 0 Å². The fourth-order valence-electron chi connectivity index (χ4n) is 2.81. The van der Waals surface area contributed by atoms with Crippen LogP contribution in [0.4, 0.5) is 0 Å². The Balaban J connectivity index is 2.05.